The van der Waals surface area contributed by atoms with Crippen molar-refractivity contribution in [2.75, 3.05) is 5.32 Å². The number of fused-ring (bicyclic) bond motifs is 1. The van der Waals surface area contributed by atoms with E-state index in [9.17, 15) is 14.7 Å². The fourth-order valence-electron chi connectivity index (χ4n) is 4.26. The number of anilines is 2. The van der Waals surface area contributed by atoms with Crippen molar-refractivity contribution in [2.45, 2.75) is 45.6 Å². The van der Waals surface area contributed by atoms with Crippen molar-refractivity contribution >= 4 is 39.7 Å². The lowest BCUT2D eigenvalue weighted by Gasteiger charge is -2.15. The van der Waals surface area contributed by atoms with Crippen molar-refractivity contribution in [3.63, 3.8) is 0 Å². The molecule has 2 N–H and O–H groups in total. The van der Waals surface area contributed by atoms with Gasteiger partial charge >= 0.3 is 5.97 Å². The minimum Gasteiger partial charge on any atom is -0.480 e. The van der Waals surface area contributed by atoms with E-state index in [4.69, 9.17) is 0 Å². The Morgan fingerprint density at radius 2 is 1.91 bits per heavy atom. The van der Waals surface area contributed by atoms with Crippen LogP contribution in [0, 0.1) is 11.8 Å². The molecule has 1 fully saturated rings. The second kappa shape index (κ2) is 9.90. The van der Waals surface area contributed by atoms with Crippen molar-refractivity contribution in [1.29, 1.82) is 0 Å². The average molecular weight is 445 g/mol. The molecule has 1 saturated carbocycles. The van der Waals surface area contributed by atoms with Gasteiger partial charge in [-0.05, 0) is 54.0 Å². The van der Waals surface area contributed by atoms with Gasteiger partial charge in [-0.1, -0.05) is 26.0 Å². The van der Waals surface area contributed by atoms with Gasteiger partial charge in [0.1, 0.15) is 11.6 Å². The van der Waals surface area contributed by atoms with Crippen molar-refractivity contribution < 1.29 is 14.7 Å². The Labute approximate surface area is 193 Å². The number of nitrogens with zero attached hydrogens (tertiary/aromatic N) is 3. The molecular formula is C26H28N4O3. The van der Waals surface area contributed by atoms with Gasteiger partial charge in [-0.3, -0.25) is 14.8 Å². The molecule has 0 bridgehead atoms. The molecule has 1 aliphatic rings. The first-order chi connectivity index (χ1) is 15.9. The highest BCUT2D eigenvalue weighted by Gasteiger charge is 2.32. The van der Waals surface area contributed by atoms with Crippen LogP contribution in [0.25, 0.3) is 10.8 Å². The minimum absolute atomic E-state index is 0.180. The van der Waals surface area contributed by atoms with Crippen molar-refractivity contribution in [2.24, 2.45) is 16.8 Å². The first-order valence-electron chi connectivity index (χ1n) is 11.3. The molecular weight excluding hydrogens is 416 g/mol. The van der Waals surface area contributed by atoms with E-state index in [0.717, 1.165) is 34.2 Å². The third-order valence-corrected chi connectivity index (χ3v) is 5.95. The van der Waals surface area contributed by atoms with E-state index in [1.54, 1.807) is 18.6 Å². The lowest BCUT2D eigenvalue weighted by molar-refractivity contribution is -0.138. The Hall–Kier alpha value is -3.61. The predicted octanol–water partition coefficient (Wildman–Crippen LogP) is 4.84. The number of carboxylic acids is 1. The van der Waals surface area contributed by atoms with Crippen LogP contribution in [0.2, 0.25) is 0 Å². The van der Waals surface area contributed by atoms with Crippen LogP contribution >= 0.6 is 0 Å². The summed E-state index contributed by atoms with van der Waals surface area (Å²) in [7, 11) is 0. The normalized spacial score (nSPS) is 18.2. The summed E-state index contributed by atoms with van der Waals surface area (Å²) in [5.74, 6) is 0.0445. The molecule has 7 heteroatoms. The van der Waals surface area contributed by atoms with Crippen LogP contribution < -0.4 is 5.32 Å². The quantitative estimate of drug-likeness (QED) is 0.515. The average Bonchev–Trinajstić information content (AvgIpc) is 3.13. The van der Waals surface area contributed by atoms with Crippen LogP contribution in [0.5, 0.6) is 0 Å². The molecule has 1 aliphatic carbocycles. The molecule has 4 rings (SSSR count). The van der Waals surface area contributed by atoms with Gasteiger partial charge < -0.3 is 10.4 Å². The van der Waals surface area contributed by atoms with Gasteiger partial charge in [-0.15, -0.1) is 0 Å². The van der Waals surface area contributed by atoms with Gasteiger partial charge in [-0.25, -0.2) is 9.78 Å². The molecule has 0 radical (unpaired) electrons. The maximum Gasteiger partial charge on any atom is 0.328 e. The maximum atomic E-state index is 12.3. The SMILES string of the molecule is CC(C)CC1C(=O)CCC1=NC(Cc1ccc(Nc2nccc3ccncc23)cc1)C(=O)O. The van der Waals surface area contributed by atoms with Crippen LogP contribution in [-0.2, 0) is 16.0 Å². The summed E-state index contributed by atoms with van der Waals surface area (Å²) in [6.07, 6.45) is 7.29. The standard InChI is InChI=1S/C26H28N4O3/c1-16(2)13-20-22(7-8-24(20)31)30-23(26(32)33)14-17-3-5-19(6-4-17)29-25-21-15-27-11-9-18(21)10-12-28-25/h3-6,9-12,15-16,20,23H,7-8,13-14H2,1-2H3,(H,28,29)(H,32,33). The third kappa shape index (κ3) is 5.42. The number of aliphatic imine (C=N–C) groups is 1. The molecule has 33 heavy (non-hydrogen) atoms. The number of hydrogen-bond acceptors (Lipinski definition) is 6. The summed E-state index contributed by atoms with van der Waals surface area (Å²) in [6, 6.07) is 10.6. The summed E-state index contributed by atoms with van der Waals surface area (Å²) < 4.78 is 0. The first kappa shape index (κ1) is 22.6. The molecule has 2 heterocycles. The minimum atomic E-state index is -0.972. The number of carbonyl (C=O) groups excluding carboxylic acids is 1. The summed E-state index contributed by atoms with van der Waals surface area (Å²) in [5, 5.41) is 15.0. The van der Waals surface area contributed by atoms with Gasteiger partial charge in [0.05, 0.1) is 5.92 Å². The summed E-state index contributed by atoms with van der Waals surface area (Å²) in [5.41, 5.74) is 2.46. The van der Waals surface area contributed by atoms with E-state index in [1.165, 1.54) is 0 Å². The molecule has 0 amide bonds. The molecule has 7 nitrogen and oxygen atoms in total. The Kier molecular flexibility index (Phi) is 6.77. The van der Waals surface area contributed by atoms with Crippen LogP contribution in [0.1, 0.15) is 38.7 Å². The third-order valence-electron chi connectivity index (χ3n) is 5.95. The molecule has 2 unspecified atom stereocenters. The molecule has 1 aromatic carbocycles. The smallest absolute Gasteiger partial charge is 0.328 e. The summed E-state index contributed by atoms with van der Waals surface area (Å²) >= 11 is 0. The highest BCUT2D eigenvalue weighted by atomic mass is 16.4. The number of carboxylic acid groups (broad SMARTS) is 1. The molecule has 0 spiro atoms. The molecule has 170 valence electrons. The molecule has 2 aromatic heterocycles. The van der Waals surface area contributed by atoms with Crippen molar-refractivity contribution in [3.05, 3.63) is 60.6 Å². The Balaban J connectivity index is 1.48. The topological polar surface area (TPSA) is 105 Å². The Bertz CT molecular complexity index is 1180. The zero-order valence-electron chi connectivity index (χ0n) is 18.9. The number of Topliss-reactive ketones (excluding diaryl/α,β-unsaturated/α-hetero) is 1. The zero-order valence-corrected chi connectivity index (χ0v) is 18.9. The Morgan fingerprint density at radius 1 is 1.15 bits per heavy atom. The van der Waals surface area contributed by atoms with Gasteiger partial charge in [-0.2, -0.15) is 0 Å². The Morgan fingerprint density at radius 3 is 2.64 bits per heavy atom. The lowest BCUT2D eigenvalue weighted by Crippen LogP contribution is -2.25. The van der Waals surface area contributed by atoms with E-state index in [1.807, 2.05) is 36.4 Å². The number of aromatic nitrogens is 2. The zero-order chi connectivity index (χ0) is 23.4. The van der Waals surface area contributed by atoms with Gasteiger partial charge in [0.15, 0.2) is 6.04 Å². The lowest BCUT2D eigenvalue weighted by atomic mass is 9.93. The van der Waals surface area contributed by atoms with E-state index in [2.05, 4.69) is 34.1 Å². The number of pyridine rings is 2. The van der Waals surface area contributed by atoms with E-state index >= 15 is 0 Å². The highest BCUT2D eigenvalue weighted by Crippen LogP contribution is 2.27. The molecule has 2 atom stereocenters. The number of carbonyl (C=O) groups is 2. The molecule has 3 aromatic rings. The summed E-state index contributed by atoms with van der Waals surface area (Å²) in [4.78, 5) is 37.3. The fourth-order valence-corrected chi connectivity index (χ4v) is 4.26. The number of rotatable bonds is 8. The van der Waals surface area contributed by atoms with Crippen LogP contribution in [-0.4, -0.2) is 38.6 Å². The summed E-state index contributed by atoms with van der Waals surface area (Å²) in [6.45, 7) is 4.13. The molecule has 0 aliphatic heterocycles. The van der Waals surface area contributed by atoms with Gasteiger partial charge in [0.2, 0.25) is 0 Å². The van der Waals surface area contributed by atoms with Crippen molar-refractivity contribution in [3.8, 4) is 0 Å². The van der Waals surface area contributed by atoms with Crippen LogP contribution in [0.4, 0.5) is 11.5 Å². The predicted molar refractivity (Wildman–Crippen MR) is 129 cm³/mol. The first-order valence-corrected chi connectivity index (χ1v) is 11.3. The number of nitrogens with one attached hydrogen (secondary N) is 1. The number of aliphatic carboxylic acids is 1. The second-order valence-corrected chi connectivity index (χ2v) is 8.91. The molecule has 0 saturated heterocycles. The number of benzene rings is 1. The monoisotopic (exact) mass is 444 g/mol. The van der Waals surface area contributed by atoms with E-state index in [0.29, 0.717) is 24.6 Å². The second-order valence-electron chi connectivity index (χ2n) is 8.91. The van der Waals surface area contributed by atoms with Gasteiger partial charge in [0.25, 0.3) is 0 Å². The fraction of sp³-hybridized carbons (Fsp3) is 0.346. The van der Waals surface area contributed by atoms with Crippen molar-refractivity contribution in [1.82, 2.24) is 9.97 Å². The largest absolute Gasteiger partial charge is 0.480 e. The maximum absolute atomic E-state index is 12.3. The van der Waals surface area contributed by atoms with E-state index < -0.39 is 12.0 Å². The van der Waals surface area contributed by atoms with Crippen LogP contribution in [0.15, 0.2) is 60.0 Å². The van der Waals surface area contributed by atoms with E-state index in [-0.39, 0.29) is 18.1 Å². The number of ketones is 1. The van der Waals surface area contributed by atoms with Gasteiger partial charge in [0, 0.05) is 48.2 Å². The highest BCUT2D eigenvalue weighted by molar-refractivity contribution is 6.11. The number of hydrogen-bond donors (Lipinski definition) is 2. The van der Waals surface area contributed by atoms with Crippen LogP contribution in [0.3, 0.4) is 0 Å².